The van der Waals surface area contributed by atoms with Crippen LogP contribution >= 0.6 is 0 Å². The van der Waals surface area contributed by atoms with Crippen LogP contribution in [0.15, 0.2) is 55.4 Å². The van der Waals surface area contributed by atoms with Crippen LogP contribution in [0.4, 0.5) is 5.69 Å². The third kappa shape index (κ3) is 3.73. The van der Waals surface area contributed by atoms with Gasteiger partial charge in [0.25, 0.3) is 0 Å². The lowest BCUT2D eigenvalue weighted by Crippen LogP contribution is -2.50. The predicted molar refractivity (Wildman–Crippen MR) is 103 cm³/mol. The normalized spacial score (nSPS) is 17.3. The first-order valence-corrected chi connectivity index (χ1v) is 9.12. The van der Waals surface area contributed by atoms with Crippen molar-refractivity contribution in [3.8, 4) is 5.69 Å². The molecule has 2 aromatic heterocycles. The Morgan fingerprint density at radius 2 is 2.19 bits per heavy atom. The minimum Gasteiger partial charge on any atom is -0.310 e. The molecule has 1 atom stereocenters. The van der Waals surface area contributed by atoms with Crippen LogP contribution < -0.4 is 10.2 Å². The topological polar surface area (TPSA) is 75.9 Å². The van der Waals surface area contributed by atoms with Gasteiger partial charge in [-0.25, -0.2) is 9.67 Å². The van der Waals surface area contributed by atoms with Gasteiger partial charge in [0.2, 0.25) is 5.91 Å². The molecule has 138 valence electrons. The fraction of sp³-hybridized carbons (Fsp3) is 0.300. The van der Waals surface area contributed by atoms with E-state index < -0.39 is 0 Å². The first kappa shape index (κ1) is 17.4. The van der Waals surface area contributed by atoms with E-state index in [0.29, 0.717) is 6.54 Å². The molecule has 3 aromatic rings. The van der Waals surface area contributed by atoms with E-state index in [-0.39, 0.29) is 11.9 Å². The zero-order chi connectivity index (χ0) is 18.6. The molecule has 1 amide bonds. The van der Waals surface area contributed by atoms with E-state index in [9.17, 15) is 4.79 Å². The van der Waals surface area contributed by atoms with Crippen molar-refractivity contribution in [2.24, 2.45) is 0 Å². The van der Waals surface area contributed by atoms with Crippen molar-refractivity contribution in [2.75, 3.05) is 11.4 Å². The number of nitrogens with zero attached hydrogens (tertiary/aromatic N) is 5. The highest BCUT2D eigenvalue weighted by Crippen LogP contribution is 2.21. The number of hydrogen-bond donors (Lipinski definition) is 1. The molecule has 1 saturated heterocycles. The summed E-state index contributed by atoms with van der Waals surface area (Å²) in [6.07, 6.45) is 8.51. The smallest absolute Gasteiger partial charge is 0.244 e. The van der Waals surface area contributed by atoms with Crippen LogP contribution in [-0.2, 0) is 11.3 Å². The second kappa shape index (κ2) is 7.67. The molecule has 7 nitrogen and oxygen atoms in total. The second-order valence-corrected chi connectivity index (χ2v) is 6.74. The lowest BCUT2D eigenvalue weighted by molar-refractivity contribution is -0.121. The Kier molecular flexibility index (Phi) is 4.93. The number of aromatic nitrogens is 4. The van der Waals surface area contributed by atoms with Gasteiger partial charge in [-0.1, -0.05) is 12.1 Å². The van der Waals surface area contributed by atoms with Crippen LogP contribution in [-0.4, -0.2) is 38.2 Å². The summed E-state index contributed by atoms with van der Waals surface area (Å²) < 4.78 is 1.75. The van der Waals surface area contributed by atoms with Crippen molar-refractivity contribution in [3.05, 3.63) is 66.5 Å². The summed E-state index contributed by atoms with van der Waals surface area (Å²) in [5.41, 5.74) is 4.13. The molecule has 1 N–H and O–H groups in total. The van der Waals surface area contributed by atoms with Crippen molar-refractivity contribution in [1.29, 1.82) is 0 Å². The molecule has 1 aromatic carbocycles. The fourth-order valence-corrected chi connectivity index (χ4v) is 3.49. The highest BCUT2D eigenvalue weighted by molar-refractivity contribution is 5.97. The Morgan fingerprint density at radius 3 is 2.93 bits per heavy atom. The van der Waals surface area contributed by atoms with E-state index in [1.165, 1.54) is 6.33 Å². The molecular formula is C20H22N6O. The van der Waals surface area contributed by atoms with Gasteiger partial charge in [0, 0.05) is 19.3 Å². The zero-order valence-electron chi connectivity index (χ0n) is 15.2. The third-order valence-corrected chi connectivity index (χ3v) is 4.88. The summed E-state index contributed by atoms with van der Waals surface area (Å²) in [4.78, 5) is 22.8. The van der Waals surface area contributed by atoms with Gasteiger partial charge in [-0.05, 0) is 49.1 Å². The minimum absolute atomic E-state index is 0.116. The number of aryl methyl sites for hydroxylation is 1. The van der Waals surface area contributed by atoms with Gasteiger partial charge in [-0.3, -0.25) is 9.78 Å². The highest BCUT2D eigenvalue weighted by Gasteiger charge is 2.29. The molecule has 27 heavy (non-hydrogen) atoms. The Bertz CT molecular complexity index is 909. The Morgan fingerprint density at radius 1 is 1.26 bits per heavy atom. The van der Waals surface area contributed by atoms with Crippen molar-refractivity contribution in [1.82, 2.24) is 25.1 Å². The Labute approximate surface area is 158 Å². The fourth-order valence-electron chi connectivity index (χ4n) is 3.49. The van der Waals surface area contributed by atoms with Crippen LogP contribution in [0.1, 0.15) is 24.0 Å². The second-order valence-electron chi connectivity index (χ2n) is 6.74. The Hall–Kier alpha value is -3.06. The van der Waals surface area contributed by atoms with Gasteiger partial charge < -0.3 is 10.2 Å². The number of pyridine rings is 1. The van der Waals surface area contributed by atoms with E-state index in [0.717, 1.165) is 41.9 Å². The predicted octanol–water partition coefficient (Wildman–Crippen LogP) is 2.26. The number of rotatable bonds is 5. The van der Waals surface area contributed by atoms with E-state index in [2.05, 4.69) is 39.4 Å². The van der Waals surface area contributed by atoms with Gasteiger partial charge in [-0.15, -0.1) is 0 Å². The molecule has 1 aliphatic rings. The standard InChI is InChI=1S/C20H22N6O/c1-15-10-16(6-7-19(15)26-14-22-13-24-26)11-23-18-5-3-9-25(20(18)27)17-4-2-8-21-12-17/h2,4,6-8,10,12-14,18,23H,3,5,9,11H2,1H3. The van der Waals surface area contributed by atoms with Crippen molar-refractivity contribution in [3.63, 3.8) is 0 Å². The number of nitrogens with one attached hydrogen (secondary N) is 1. The Balaban J connectivity index is 1.42. The van der Waals surface area contributed by atoms with E-state index in [1.54, 1.807) is 23.4 Å². The molecule has 1 aliphatic heterocycles. The number of piperidine rings is 1. The number of anilines is 1. The summed E-state index contributed by atoms with van der Waals surface area (Å²) in [5.74, 6) is 0.116. The van der Waals surface area contributed by atoms with E-state index in [1.807, 2.05) is 23.1 Å². The van der Waals surface area contributed by atoms with Gasteiger partial charge in [0.15, 0.2) is 0 Å². The van der Waals surface area contributed by atoms with Gasteiger partial charge >= 0.3 is 0 Å². The van der Waals surface area contributed by atoms with Crippen LogP contribution in [0.25, 0.3) is 5.69 Å². The molecule has 1 unspecified atom stereocenters. The molecule has 4 rings (SSSR count). The molecular weight excluding hydrogens is 340 g/mol. The third-order valence-electron chi connectivity index (χ3n) is 4.88. The van der Waals surface area contributed by atoms with Crippen molar-refractivity contribution >= 4 is 11.6 Å². The van der Waals surface area contributed by atoms with Gasteiger partial charge in [0.1, 0.15) is 12.7 Å². The first-order chi connectivity index (χ1) is 13.2. The molecule has 0 radical (unpaired) electrons. The minimum atomic E-state index is -0.172. The number of benzene rings is 1. The number of carbonyl (C=O) groups excluding carboxylic acids is 1. The van der Waals surface area contributed by atoms with Crippen LogP contribution in [0.5, 0.6) is 0 Å². The van der Waals surface area contributed by atoms with Crippen molar-refractivity contribution < 1.29 is 4.79 Å². The molecule has 3 heterocycles. The number of amides is 1. The first-order valence-electron chi connectivity index (χ1n) is 9.12. The summed E-state index contributed by atoms with van der Waals surface area (Å²) in [5, 5.41) is 7.60. The van der Waals surface area contributed by atoms with E-state index >= 15 is 0 Å². The lowest BCUT2D eigenvalue weighted by atomic mass is 10.0. The molecule has 0 bridgehead atoms. The summed E-state index contributed by atoms with van der Waals surface area (Å²) in [7, 11) is 0. The SMILES string of the molecule is Cc1cc(CNC2CCCN(c3cccnc3)C2=O)ccc1-n1cncn1. The van der Waals surface area contributed by atoms with Crippen LogP contribution in [0.3, 0.4) is 0 Å². The molecule has 0 spiro atoms. The van der Waals surface area contributed by atoms with Gasteiger partial charge in [0.05, 0.1) is 23.6 Å². The quantitative estimate of drug-likeness (QED) is 0.753. The number of hydrogen-bond acceptors (Lipinski definition) is 5. The van der Waals surface area contributed by atoms with Crippen LogP contribution in [0, 0.1) is 6.92 Å². The maximum Gasteiger partial charge on any atom is 0.244 e. The van der Waals surface area contributed by atoms with Gasteiger partial charge in [-0.2, -0.15) is 5.10 Å². The van der Waals surface area contributed by atoms with Crippen LogP contribution in [0.2, 0.25) is 0 Å². The van der Waals surface area contributed by atoms with E-state index in [4.69, 9.17) is 0 Å². The number of carbonyl (C=O) groups is 1. The largest absolute Gasteiger partial charge is 0.310 e. The molecule has 1 fully saturated rings. The highest BCUT2D eigenvalue weighted by atomic mass is 16.2. The lowest BCUT2D eigenvalue weighted by Gasteiger charge is -2.32. The zero-order valence-corrected chi connectivity index (χ0v) is 15.2. The maximum atomic E-state index is 12.8. The summed E-state index contributed by atoms with van der Waals surface area (Å²) in [6.45, 7) is 3.45. The monoisotopic (exact) mass is 362 g/mol. The average Bonchev–Trinajstić information content (AvgIpc) is 3.22. The molecule has 0 saturated carbocycles. The summed E-state index contributed by atoms with van der Waals surface area (Å²) >= 11 is 0. The van der Waals surface area contributed by atoms with Crippen molar-refractivity contribution in [2.45, 2.75) is 32.4 Å². The maximum absolute atomic E-state index is 12.8. The summed E-state index contributed by atoms with van der Waals surface area (Å²) in [6, 6.07) is 9.83. The molecule has 7 heteroatoms. The average molecular weight is 362 g/mol. The molecule has 0 aliphatic carbocycles.